The third-order valence-electron chi connectivity index (χ3n) is 1.58. The summed E-state index contributed by atoms with van der Waals surface area (Å²) < 4.78 is 2.06. The highest BCUT2D eigenvalue weighted by Crippen LogP contribution is 2.33. The van der Waals surface area contributed by atoms with Crippen molar-refractivity contribution < 1.29 is 0 Å². The van der Waals surface area contributed by atoms with Crippen LogP contribution in [0.3, 0.4) is 0 Å². The van der Waals surface area contributed by atoms with Crippen LogP contribution in [-0.4, -0.2) is 9.97 Å². The molecule has 5 heteroatoms. The summed E-state index contributed by atoms with van der Waals surface area (Å²) in [6.45, 7) is 1.94. The van der Waals surface area contributed by atoms with Gasteiger partial charge in [-0.05, 0) is 50.9 Å². The lowest BCUT2D eigenvalue weighted by molar-refractivity contribution is 1.14. The van der Waals surface area contributed by atoms with Crippen LogP contribution in [0, 0.1) is 6.92 Å². The van der Waals surface area contributed by atoms with Crippen molar-refractivity contribution in [1.82, 2.24) is 9.97 Å². The van der Waals surface area contributed by atoms with Gasteiger partial charge in [0.05, 0.1) is 8.66 Å². The maximum atomic E-state index is 4.38. The third-order valence-corrected chi connectivity index (χ3v) is 3.79. The number of imidazole rings is 1. The lowest BCUT2D eigenvalue weighted by atomic mass is 10.4. The van der Waals surface area contributed by atoms with E-state index in [1.807, 2.05) is 13.0 Å². The summed E-state index contributed by atoms with van der Waals surface area (Å²) in [5.41, 5.74) is 0.980. The number of hydrogen-bond donors (Lipinski definition) is 1. The molecule has 0 aliphatic carbocycles. The van der Waals surface area contributed by atoms with E-state index in [4.69, 9.17) is 0 Å². The highest BCUT2D eigenvalue weighted by molar-refractivity contribution is 9.11. The molecule has 0 saturated heterocycles. The SMILES string of the molecule is Cc1nc(-c2ccc(Br)s2)c(Br)[nH]1. The molecule has 0 fully saturated rings. The van der Waals surface area contributed by atoms with Crippen LogP contribution in [0.4, 0.5) is 0 Å². The average Bonchev–Trinajstić information content (AvgIpc) is 2.58. The van der Waals surface area contributed by atoms with Crippen molar-refractivity contribution in [1.29, 1.82) is 0 Å². The van der Waals surface area contributed by atoms with Crippen molar-refractivity contribution in [2.24, 2.45) is 0 Å². The molecule has 2 rings (SSSR count). The Balaban J connectivity index is 2.51. The Labute approximate surface area is 96.7 Å². The summed E-state index contributed by atoms with van der Waals surface area (Å²) >= 11 is 8.53. The van der Waals surface area contributed by atoms with E-state index in [0.29, 0.717) is 0 Å². The molecule has 2 heterocycles. The smallest absolute Gasteiger partial charge is 0.113 e. The van der Waals surface area contributed by atoms with Crippen LogP contribution in [0.2, 0.25) is 0 Å². The number of nitrogens with one attached hydrogen (secondary N) is 1. The molecule has 13 heavy (non-hydrogen) atoms. The van der Waals surface area contributed by atoms with Crippen LogP contribution in [0.5, 0.6) is 0 Å². The predicted octanol–water partition coefficient (Wildman–Crippen LogP) is 3.97. The zero-order valence-electron chi connectivity index (χ0n) is 6.77. The summed E-state index contributed by atoms with van der Waals surface area (Å²) in [7, 11) is 0. The van der Waals surface area contributed by atoms with Crippen LogP contribution < -0.4 is 0 Å². The van der Waals surface area contributed by atoms with Gasteiger partial charge in [0.25, 0.3) is 0 Å². The first-order valence-electron chi connectivity index (χ1n) is 3.64. The minimum Gasteiger partial charge on any atom is -0.336 e. The molecule has 1 N–H and O–H groups in total. The van der Waals surface area contributed by atoms with Gasteiger partial charge in [-0.3, -0.25) is 0 Å². The molecule has 0 saturated carbocycles. The van der Waals surface area contributed by atoms with Crippen LogP contribution in [0.25, 0.3) is 10.6 Å². The number of nitrogens with zero attached hydrogens (tertiary/aromatic N) is 1. The van der Waals surface area contributed by atoms with E-state index in [9.17, 15) is 0 Å². The molecule has 0 radical (unpaired) electrons. The Morgan fingerprint density at radius 1 is 1.38 bits per heavy atom. The number of aromatic nitrogens is 2. The van der Waals surface area contributed by atoms with E-state index < -0.39 is 0 Å². The standard InChI is InChI=1S/C8H6Br2N2S/c1-4-11-7(8(10)12-4)5-2-3-6(9)13-5/h2-3H,1H3,(H,11,12). The molecule has 0 aliphatic heterocycles. The second kappa shape index (κ2) is 3.55. The lowest BCUT2D eigenvalue weighted by Gasteiger charge is -1.89. The maximum absolute atomic E-state index is 4.38. The molecule has 0 amide bonds. The fraction of sp³-hybridized carbons (Fsp3) is 0.125. The molecule has 0 spiro atoms. The van der Waals surface area contributed by atoms with Gasteiger partial charge in [-0.15, -0.1) is 11.3 Å². The Morgan fingerprint density at radius 2 is 2.15 bits per heavy atom. The minimum absolute atomic E-state index is 0.923. The van der Waals surface area contributed by atoms with Crippen molar-refractivity contribution >= 4 is 43.2 Å². The van der Waals surface area contributed by atoms with Gasteiger partial charge in [-0.2, -0.15) is 0 Å². The largest absolute Gasteiger partial charge is 0.336 e. The molecule has 0 aromatic carbocycles. The monoisotopic (exact) mass is 320 g/mol. The fourth-order valence-corrected chi connectivity index (χ4v) is 3.17. The number of hydrogen-bond acceptors (Lipinski definition) is 2. The Morgan fingerprint density at radius 3 is 2.62 bits per heavy atom. The number of rotatable bonds is 1. The summed E-state index contributed by atoms with van der Waals surface area (Å²) in [6, 6.07) is 4.07. The van der Waals surface area contributed by atoms with Gasteiger partial charge < -0.3 is 4.98 Å². The second-order valence-corrected chi connectivity index (χ2v) is 5.84. The number of H-pyrrole nitrogens is 1. The Hall–Kier alpha value is -0.130. The van der Waals surface area contributed by atoms with Crippen molar-refractivity contribution in [2.75, 3.05) is 0 Å². The quantitative estimate of drug-likeness (QED) is 0.845. The number of thiophene rings is 1. The summed E-state index contributed by atoms with van der Waals surface area (Å²) in [4.78, 5) is 8.65. The molecular formula is C8H6Br2N2S. The van der Waals surface area contributed by atoms with Gasteiger partial charge in [0.15, 0.2) is 0 Å². The van der Waals surface area contributed by atoms with Crippen LogP contribution >= 0.6 is 43.2 Å². The summed E-state index contributed by atoms with van der Waals surface area (Å²) in [5, 5.41) is 0. The number of aromatic amines is 1. The molecule has 0 bridgehead atoms. The van der Waals surface area contributed by atoms with E-state index in [2.05, 4.69) is 47.9 Å². The molecule has 0 unspecified atom stereocenters. The van der Waals surface area contributed by atoms with Crippen molar-refractivity contribution in [3.05, 3.63) is 26.3 Å². The molecule has 0 aliphatic rings. The van der Waals surface area contributed by atoms with Crippen LogP contribution in [0.1, 0.15) is 5.82 Å². The van der Waals surface area contributed by atoms with Gasteiger partial charge in [0, 0.05) is 0 Å². The molecule has 2 aromatic rings. The first-order valence-corrected chi connectivity index (χ1v) is 6.05. The van der Waals surface area contributed by atoms with Gasteiger partial charge in [-0.1, -0.05) is 0 Å². The van der Waals surface area contributed by atoms with Gasteiger partial charge in [-0.25, -0.2) is 4.98 Å². The Bertz CT molecular complexity index is 433. The summed E-state index contributed by atoms with van der Waals surface area (Å²) in [5.74, 6) is 0.923. The topological polar surface area (TPSA) is 28.7 Å². The zero-order valence-corrected chi connectivity index (χ0v) is 10.8. The molecule has 0 atom stereocenters. The number of aryl methyl sites for hydroxylation is 1. The Kier molecular flexibility index (Phi) is 2.58. The van der Waals surface area contributed by atoms with E-state index in [1.165, 1.54) is 0 Å². The number of halogens is 2. The summed E-state index contributed by atoms with van der Waals surface area (Å²) in [6.07, 6.45) is 0. The molecular weight excluding hydrogens is 316 g/mol. The van der Waals surface area contributed by atoms with Crippen LogP contribution in [0.15, 0.2) is 20.5 Å². The normalized spacial score (nSPS) is 10.7. The van der Waals surface area contributed by atoms with E-state index in [-0.39, 0.29) is 0 Å². The minimum atomic E-state index is 0.923. The third kappa shape index (κ3) is 1.87. The van der Waals surface area contributed by atoms with E-state index in [0.717, 1.165) is 24.8 Å². The highest BCUT2D eigenvalue weighted by atomic mass is 79.9. The zero-order chi connectivity index (χ0) is 9.42. The van der Waals surface area contributed by atoms with Crippen LogP contribution in [-0.2, 0) is 0 Å². The average molecular weight is 322 g/mol. The predicted molar refractivity (Wildman–Crippen MR) is 62.0 cm³/mol. The lowest BCUT2D eigenvalue weighted by Crippen LogP contribution is -1.72. The first-order chi connectivity index (χ1) is 6.16. The van der Waals surface area contributed by atoms with Crippen molar-refractivity contribution in [3.8, 4) is 10.6 Å². The molecule has 2 nitrogen and oxygen atoms in total. The maximum Gasteiger partial charge on any atom is 0.113 e. The van der Waals surface area contributed by atoms with Gasteiger partial charge in [0.2, 0.25) is 0 Å². The highest BCUT2D eigenvalue weighted by Gasteiger charge is 2.09. The van der Waals surface area contributed by atoms with Gasteiger partial charge >= 0.3 is 0 Å². The van der Waals surface area contributed by atoms with Crippen molar-refractivity contribution in [3.63, 3.8) is 0 Å². The molecule has 68 valence electrons. The van der Waals surface area contributed by atoms with Gasteiger partial charge in [0.1, 0.15) is 16.1 Å². The second-order valence-electron chi connectivity index (χ2n) is 2.59. The van der Waals surface area contributed by atoms with E-state index in [1.54, 1.807) is 11.3 Å². The van der Waals surface area contributed by atoms with Crippen molar-refractivity contribution in [2.45, 2.75) is 6.92 Å². The molecule has 2 aromatic heterocycles. The van der Waals surface area contributed by atoms with E-state index >= 15 is 0 Å². The fourth-order valence-electron chi connectivity index (χ4n) is 1.07. The first kappa shape index (κ1) is 9.43.